The average Bonchev–Trinajstić information content (AvgIpc) is 3.34. The summed E-state index contributed by atoms with van der Waals surface area (Å²) in [5.74, 6) is -0.00178. The highest BCUT2D eigenvalue weighted by atomic mass is 32.2. The highest BCUT2D eigenvalue weighted by Crippen LogP contribution is 2.34. The molecular formula is C18H28N2O3S. The Balaban J connectivity index is 2.09. The maximum Gasteiger partial charge on any atom is 0.337 e. The van der Waals surface area contributed by atoms with Crippen molar-refractivity contribution in [3.8, 4) is 0 Å². The minimum atomic E-state index is -1.99. The van der Waals surface area contributed by atoms with Crippen molar-refractivity contribution in [2.75, 3.05) is 12.0 Å². The molecule has 1 aromatic heterocycles. The Morgan fingerprint density at radius 2 is 2.25 bits per heavy atom. The summed E-state index contributed by atoms with van der Waals surface area (Å²) in [6.07, 6.45) is 9.63. The molecule has 0 spiro atoms. The van der Waals surface area contributed by atoms with Crippen molar-refractivity contribution in [3.05, 3.63) is 29.1 Å². The van der Waals surface area contributed by atoms with E-state index in [0.717, 1.165) is 24.3 Å². The molecule has 134 valence electrons. The monoisotopic (exact) mass is 352 g/mol. The number of carboxylic acids is 1. The van der Waals surface area contributed by atoms with E-state index in [4.69, 9.17) is 5.73 Å². The first kappa shape index (κ1) is 19.2. The summed E-state index contributed by atoms with van der Waals surface area (Å²) < 4.78 is 0. The lowest BCUT2D eigenvalue weighted by Crippen LogP contribution is -2.57. The molecule has 1 aliphatic carbocycles. The van der Waals surface area contributed by atoms with Crippen molar-refractivity contribution in [2.45, 2.75) is 57.1 Å². The first-order valence-electron chi connectivity index (χ1n) is 8.51. The zero-order chi connectivity index (χ0) is 17.7. The van der Waals surface area contributed by atoms with Crippen molar-refractivity contribution in [1.82, 2.24) is 4.98 Å². The van der Waals surface area contributed by atoms with Gasteiger partial charge in [0.15, 0.2) is 5.60 Å². The number of nitrogens with zero attached hydrogens (tertiary/aromatic N) is 1. The van der Waals surface area contributed by atoms with E-state index >= 15 is 0 Å². The Bertz CT molecular complexity index is 577. The lowest BCUT2D eigenvalue weighted by atomic mass is 9.89. The lowest BCUT2D eigenvalue weighted by molar-refractivity contribution is -0.160. The second kappa shape index (κ2) is 8.32. The maximum absolute atomic E-state index is 11.6. The van der Waals surface area contributed by atoms with Crippen LogP contribution in [0.15, 0.2) is 12.3 Å². The van der Waals surface area contributed by atoms with E-state index in [1.807, 2.05) is 19.2 Å². The molecule has 1 heterocycles. The van der Waals surface area contributed by atoms with Gasteiger partial charge in [-0.1, -0.05) is 19.3 Å². The normalized spacial score (nSPS) is 18.2. The van der Waals surface area contributed by atoms with Crippen molar-refractivity contribution in [3.63, 3.8) is 0 Å². The standard InChI is InChI=1S/C18H28N2O3S/c1-12-10-20-15(8-14(12)5-3-4-13-6-7-13)9-18(23,17(21)22)16(19)11-24-2/h8,10,13,16,23H,3-7,9,11,19H2,1-2H3,(H,21,22)/t16-,18+/m0/s1. The summed E-state index contributed by atoms with van der Waals surface area (Å²) in [5, 5.41) is 20.0. The molecule has 2 atom stereocenters. The van der Waals surface area contributed by atoms with Gasteiger partial charge in [0.05, 0.1) is 6.04 Å². The summed E-state index contributed by atoms with van der Waals surface area (Å²) in [5.41, 5.74) is 6.82. The number of aromatic nitrogens is 1. The number of hydrogen-bond donors (Lipinski definition) is 3. The van der Waals surface area contributed by atoms with Gasteiger partial charge in [-0.05, 0) is 49.1 Å². The number of pyridine rings is 1. The Morgan fingerprint density at radius 1 is 1.54 bits per heavy atom. The van der Waals surface area contributed by atoms with Gasteiger partial charge in [-0.15, -0.1) is 0 Å². The fraction of sp³-hybridized carbons (Fsp3) is 0.667. The molecule has 1 fully saturated rings. The van der Waals surface area contributed by atoms with Crippen molar-refractivity contribution >= 4 is 17.7 Å². The quantitative estimate of drug-likeness (QED) is 0.597. The van der Waals surface area contributed by atoms with Crippen LogP contribution in [0.2, 0.25) is 0 Å². The number of aliphatic hydroxyl groups is 1. The zero-order valence-electron chi connectivity index (χ0n) is 14.5. The van der Waals surface area contributed by atoms with Gasteiger partial charge < -0.3 is 15.9 Å². The third-order valence-corrected chi connectivity index (χ3v) is 5.50. The number of carboxylic acid groups (broad SMARTS) is 1. The molecule has 0 unspecified atom stereocenters. The van der Waals surface area contributed by atoms with E-state index in [0.29, 0.717) is 11.4 Å². The summed E-state index contributed by atoms with van der Waals surface area (Å²) in [6, 6.07) is 1.09. The van der Waals surface area contributed by atoms with Gasteiger partial charge in [0.25, 0.3) is 0 Å². The van der Waals surface area contributed by atoms with E-state index in [-0.39, 0.29) is 6.42 Å². The second-order valence-electron chi connectivity index (χ2n) is 6.91. The predicted molar refractivity (Wildman–Crippen MR) is 97.3 cm³/mol. The Morgan fingerprint density at radius 3 is 2.83 bits per heavy atom. The van der Waals surface area contributed by atoms with Crippen LogP contribution in [-0.4, -0.2) is 44.8 Å². The fourth-order valence-electron chi connectivity index (χ4n) is 2.93. The molecule has 1 saturated carbocycles. The van der Waals surface area contributed by atoms with Crippen LogP contribution in [0, 0.1) is 12.8 Å². The van der Waals surface area contributed by atoms with E-state index in [1.54, 1.807) is 6.20 Å². The lowest BCUT2D eigenvalue weighted by Gasteiger charge is -2.29. The Kier molecular flexibility index (Phi) is 6.66. The molecule has 0 aliphatic heterocycles. The van der Waals surface area contributed by atoms with Gasteiger partial charge >= 0.3 is 5.97 Å². The maximum atomic E-state index is 11.6. The number of carbonyl (C=O) groups is 1. The van der Waals surface area contributed by atoms with Crippen molar-refractivity contribution < 1.29 is 15.0 Å². The van der Waals surface area contributed by atoms with Gasteiger partial charge in [0.1, 0.15) is 0 Å². The summed E-state index contributed by atoms with van der Waals surface area (Å²) in [4.78, 5) is 15.9. The SMILES string of the molecule is CSC[C@H](N)[C@](O)(Cc1cc(CCCC2CC2)c(C)cn1)C(=O)O. The first-order valence-corrected chi connectivity index (χ1v) is 9.91. The molecule has 24 heavy (non-hydrogen) atoms. The van der Waals surface area contributed by atoms with Crippen LogP contribution >= 0.6 is 11.8 Å². The third-order valence-electron chi connectivity index (χ3n) is 4.81. The number of nitrogens with two attached hydrogens (primary N) is 1. The Labute approximate surface area is 148 Å². The number of thioether (sulfide) groups is 1. The van der Waals surface area contributed by atoms with Crippen LogP contribution in [0.25, 0.3) is 0 Å². The van der Waals surface area contributed by atoms with Crippen LogP contribution in [0.1, 0.15) is 42.5 Å². The summed E-state index contributed by atoms with van der Waals surface area (Å²) >= 11 is 1.42. The molecule has 4 N–H and O–H groups in total. The molecule has 1 aromatic rings. The second-order valence-corrected chi connectivity index (χ2v) is 7.82. The van der Waals surface area contributed by atoms with Gasteiger partial charge in [0.2, 0.25) is 0 Å². The van der Waals surface area contributed by atoms with E-state index in [1.165, 1.54) is 36.6 Å². The highest BCUT2D eigenvalue weighted by molar-refractivity contribution is 7.98. The number of aliphatic carboxylic acids is 1. The fourth-order valence-corrected chi connectivity index (χ4v) is 3.56. The van der Waals surface area contributed by atoms with E-state index in [2.05, 4.69) is 4.98 Å². The number of rotatable bonds is 10. The van der Waals surface area contributed by atoms with Crippen LogP contribution in [0.3, 0.4) is 0 Å². The molecule has 6 heteroatoms. The van der Waals surface area contributed by atoms with Gasteiger partial charge in [-0.3, -0.25) is 4.98 Å². The molecule has 0 saturated heterocycles. The molecule has 1 aliphatic rings. The number of aryl methyl sites for hydroxylation is 2. The average molecular weight is 352 g/mol. The molecular weight excluding hydrogens is 324 g/mol. The van der Waals surface area contributed by atoms with Crippen LogP contribution in [-0.2, 0) is 17.6 Å². The molecule has 0 radical (unpaired) electrons. The van der Waals surface area contributed by atoms with Gasteiger partial charge in [-0.25, -0.2) is 4.79 Å². The zero-order valence-corrected chi connectivity index (χ0v) is 15.3. The van der Waals surface area contributed by atoms with Crippen molar-refractivity contribution in [2.24, 2.45) is 11.7 Å². The van der Waals surface area contributed by atoms with E-state index in [9.17, 15) is 15.0 Å². The third kappa shape index (κ3) is 4.94. The molecule has 0 aromatic carbocycles. The molecule has 0 amide bonds. The minimum Gasteiger partial charge on any atom is -0.479 e. The molecule has 0 bridgehead atoms. The highest BCUT2D eigenvalue weighted by Gasteiger charge is 2.42. The summed E-state index contributed by atoms with van der Waals surface area (Å²) in [7, 11) is 0. The molecule has 5 nitrogen and oxygen atoms in total. The van der Waals surface area contributed by atoms with Crippen LogP contribution in [0.4, 0.5) is 0 Å². The Hall–Kier alpha value is -1.11. The topological polar surface area (TPSA) is 96.4 Å². The number of hydrogen-bond acceptors (Lipinski definition) is 5. The molecule has 2 rings (SSSR count). The van der Waals surface area contributed by atoms with Crippen LogP contribution < -0.4 is 5.73 Å². The summed E-state index contributed by atoms with van der Waals surface area (Å²) in [6.45, 7) is 2.02. The smallest absolute Gasteiger partial charge is 0.337 e. The van der Waals surface area contributed by atoms with Crippen LogP contribution in [0.5, 0.6) is 0 Å². The predicted octanol–water partition coefficient (Wildman–Crippen LogP) is 2.17. The minimum absolute atomic E-state index is 0.0695. The van der Waals surface area contributed by atoms with Gasteiger partial charge in [-0.2, -0.15) is 11.8 Å². The van der Waals surface area contributed by atoms with Crippen molar-refractivity contribution in [1.29, 1.82) is 0 Å². The van der Waals surface area contributed by atoms with E-state index < -0.39 is 17.6 Å². The first-order chi connectivity index (χ1) is 11.4. The van der Waals surface area contributed by atoms with Gasteiger partial charge in [0, 0.05) is 24.1 Å². The largest absolute Gasteiger partial charge is 0.479 e.